The molecule has 13 nitrogen and oxygen atoms in total. The van der Waals surface area contributed by atoms with E-state index in [0.717, 1.165) is 60.9 Å². The van der Waals surface area contributed by atoms with Crippen LogP contribution in [0.2, 0.25) is 0 Å². The summed E-state index contributed by atoms with van der Waals surface area (Å²) in [6, 6.07) is 23.3. The first-order valence-electron chi connectivity index (χ1n) is 19.1. The number of hydrogen-bond acceptors (Lipinski definition) is 11. The zero-order valence-electron chi connectivity index (χ0n) is 32.0. The van der Waals surface area contributed by atoms with Crippen LogP contribution in [0.15, 0.2) is 78.9 Å². The van der Waals surface area contributed by atoms with Crippen LogP contribution in [0.4, 0.5) is 4.79 Å². The van der Waals surface area contributed by atoms with Gasteiger partial charge >= 0.3 is 6.09 Å². The predicted octanol–water partition coefficient (Wildman–Crippen LogP) is 3.12. The van der Waals surface area contributed by atoms with Crippen LogP contribution in [0.3, 0.4) is 0 Å². The predicted molar refractivity (Wildman–Crippen MR) is 204 cm³/mol. The lowest BCUT2D eigenvalue weighted by atomic mass is 9.84. The van der Waals surface area contributed by atoms with Gasteiger partial charge in [-0.05, 0) is 40.8 Å². The SMILES string of the molecule is COC[C@@H]1OC[C@@H](OC(=O)N[C@H](C[C@H](O)[C@@H](Cc2ccccc2)c2ccc(OCCN3CCOCC3)cc2)C(=O)N(C)[C@H]2c3ccccc3C[C@H]2O)[C@H]1OC. The number of ether oxygens (including phenoxy) is 6. The largest absolute Gasteiger partial charge is 0.492 e. The maximum absolute atomic E-state index is 14.5. The molecular formula is C42H55N3O10. The molecule has 3 N–H and O–H groups in total. The summed E-state index contributed by atoms with van der Waals surface area (Å²) in [5.74, 6) is -0.197. The summed E-state index contributed by atoms with van der Waals surface area (Å²) >= 11 is 0. The fraction of sp³-hybridized carbons (Fsp3) is 0.524. The lowest BCUT2D eigenvalue weighted by Gasteiger charge is -2.33. The van der Waals surface area contributed by atoms with Crippen molar-refractivity contribution in [2.24, 2.45) is 0 Å². The Kier molecular flexibility index (Phi) is 14.5. The number of carbonyl (C=O) groups excluding carboxylic acids is 2. The molecule has 3 aliphatic rings. The van der Waals surface area contributed by atoms with E-state index in [1.165, 1.54) is 12.0 Å². The van der Waals surface area contributed by atoms with Crippen molar-refractivity contribution in [3.63, 3.8) is 0 Å². The topological polar surface area (TPSA) is 148 Å². The summed E-state index contributed by atoms with van der Waals surface area (Å²) < 4.78 is 33.9. The quantitative estimate of drug-likeness (QED) is 0.187. The third-order valence-corrected chi connectivity index (χ3v) is 10.9. The highest BCUT2D eigenvalue weighted by molar-refractivity contribution is 5.86. The normalized spacial score (nSPS) is 24.1. The van der Waals surface area contributed by atoms with Gasteiger partial charge in [0.2, 0.25) is 5.91 Å². The van der Waals surface area contributed by atoms with Crippen LogP contribution < -0.4 is 10.1 Å². The molecule has 0 bridgehead atoms. The number of amides is 2. The second kappa shape index (κ2) is 19.7. The number of morpholine rings is 1. The standard InChI is InChI=1S/C42H55N3O10/c1-44(39-32-12-8-7-11-30(32)24-36(39)47)41(48)34(43-42(49)55-38-27-54-37(26-50-2)40(38)51-3)25-35(46)33(23-28-9-5-4-6-10-28)29-13-15-31(16-14-29)53-22-19-45-17-20-52-21-18-45/h4-16,33-40,46-47H,17-27H2,1-3H3,(H,43,49)/t33-,34+,35-,36+,37-,38+,39-,40-/m0/s1. The van der Waals surface area contributed by atoms with Gasteiger partial charge in [0.1, 0.15) is 30.6 Å². The first kappa shape index (κ1) is 40.6. The molecule has 2 saturated heterocycles. The lowest BCUT2D eigenvalue weighted by Crippen LogP contribution is -2.52. The number of hydrogen-bond donors (Lipinski definition) is 3. The van der Waals surface area contributed by atoms with Crippen molar-refractivity contribution >= 4 is 12.0 Å². The Balaban J connectivity index is 1.21. The van der Waals surface area contributed by atoms with E-state index in [9.17, 15) is 19.8 Å². The number of aliphatic hydroxyl groups is 2. The number of alkyl carbamates (subject to hydrolysis) is 1. The first-order chi connectivity index (χ1) is 26.7. The van der Waals surface area contributed by atoms with Crippen LogP contribution in [-0.4, -0.2) is 143 Å². The first-order valence-corrected chi connectivity index (χ1v) is 19.1. The van der Waals surface area contributed by atoms with Crippen LogP contribution in [0, 0.1) is 0 Å². The van der Waals surface area contributed by atoms with Gasteiger partial charge in [0.15, 0.2) is 6.10 Å². The van der Waals surface area contributed by atoms with Crippen molar-refractivity contribution in [2.75, 3.05) is 73.9 Å². The molecule has 0 aromatic heterocycles. The van der Waals surface area contributed by atoms with Crippen molar-refractivity contribution in [1.82, 2.24) is 15.1 Å². The second-order valence-corrected chi connectivity index (χ2v) is 14.5. The molecule has 3 aromatic rings. The van der Waals surface area contributed by atoms with Crippen molar-refractivity contribution in [2.45, 2.75) is 67.8 Å². The third-order valence-electron chi connectivity index (χ3n) is 10.9. The molecule has 55 heavy (non-hydrogen) atoms. The number of nitrogens with zero attached hydrogens (tertiary/aromatic N) is 2. The molecule has 3 aromatic carbocycles. The average Bonchev–Trinajstić information content (AvgIpc) is 3.75. The van der Waals surface area contributed by atoms with E-state index < -0.39 is 60.5 Å². The molecule has 0 radical (unpaired) electrons. The van der Waals surface area contributed by atoms with E-state index in [1.54, 1.807) is 14.2 Å². The number of nitrogens with one attached hydrogen (secondary N) is 1. The van der Waals surface area contributed by atoms with Crippen molar-refractivity contribution in [1.29, 1.82) is 0 Å². The zero-order valence-corrected chi connectivity index (χ0v) is 32.0. The van der Waals surface area contributed by atoms with Crippen LogP contribution in [0.1, 0.15) is 40.6 Å². The van der Waals surface area contributed by atoms with Gasteiger partial charge in [-0.15, -0.1) is 0 Å². The monoisotopic (exact) mass is 761 g/mol. The van der Waals surface area contributed by atoms with Crippen LogP contribution in [0.25, 0.3) is 0 Å². The van der Waals surface area contributed by atoms with Crippen LogP contribution in [0.5, 0.6) is 5.75 Å². The minimum atomic E-state index is -1.20. The maximum atomic E-state index is 14.5. The van der Waals surface area contributed by atoms with E-state index in [1.807, 2.05) is 78.9 Å². The number of aliphatic hydroxyl groups excluding tert-OH is 2. The summed E-state index contributed by atoms with van der Waals surface area (Å²) in [4.78, 5) is 31.8. The minimum absolute atomic E-state index is 0.0955. The molecule has 0 unspecified atom stereocenters. The fourth-order valence-electron chi connectivity index (χ4n) is 7.98. The number of likely N-dealkylation sites (N-methyl/N-ethyl adjacent to an activating group) is 1. The third kappa shape index (κ3) is 10.4. The zero-order chi connectivity index (χ0) is 38.7. The van der Waals surface area contributed by atoms with Gasteiger partial charge in [0.25, 0.3) is 0 Å². The summed E-state index contributed by atoms with van der Waals surface area (Å²) in [6.45, 7) is 4.94. The Bertz CT molecular complexity index is 1660. The van der Waals surface area contributed by atoms with E-state index in [2.05, 4.69) is 10.2 Å². The fourth-order valence-corrected chi connectivity index (χ4v) is 7.98. The minimum Gasteiger partial charge on any atom is -0.492 e. The molecule has 1 aliphatic carbocycles. The maximum Gasteiger partial charge on any atom is 0.408 e. The van der Waals surface area contributed by atoms with Crippen molar-refractivity contribution in [3.8, 4) is 5.75 Å². The molecule has 6 rings (SSSR count). The number of carbonyl (C=O) groups is 2. The molecule has 298 valence electrons. The van der Waals surface area contributed by atoms with Gasteiger partial charge in [-0.2, -0.15) is 0 Å². The average molecular weight is 762 g/mol. The van der Waals surface area contributed by atoms with E-state index in [4.69, 9.17) is 28.4 Å². The second-order valence-electron chi connectivity index (χ2n) is 14.5. The molecular weight excluding hydrogens is 706 g/mol. The molecule has 8 atom stereocenters. The van der Waals surface area contributed by atoms with Gasteiger partial charge in [0.05, 0.1) is 44.7 Å². The van der Waals surface area contributed by atoms with Crippen LogP contribution >= 0.6 is 0 Å². The van der Waals surface area contributed by atoms with Gasteiger partial charge < -0.3 is 48.9 Å². The number of methoxy groups -OCH3 is 2. The Morgan fingerprint density at radius 2 is 1.73 bits per heavy atom. The smallest absolute Gasteiger partial charge is 0.408 e. The lowest BCUT2D eigenvalue weighted by molar-refractivity contribution is -0.137. The Labute approximate surface area is 323 Å². The number of benzene rings is 3. The Morgan fingerprint density at radius 1 is 1.00 bits per heavy atom. The highest BCUT2D eigenvalue weighted by Crippen LogP contribution is 2.36. The van der Waals surface area contributed by atoms with Gasteiger partial charge in [0, 0.05) is 59.7 Å². The Hall–Kier alpha value is -4.08. The number of fused-ring (bicyclic) bond motifs is 1. The van der Waals surface area contributed by atoms with Gasteiger partial charge in [-0.1, -0.05) is 66.7 Å². The van der Waals surface area contributed by atoms with Crippen molar-refractivity contribution < 1.29 is 48.2 Å². The summed E-state index contributed by atoms with van der Waals surface area (Å²) in [7, 11) is 4.68. The van der Waals surface area contributed by atoms with Gasteiger partial charge in [-0.25, -0.2) is 4.79 Å². The molecule has 2 fully saturated rings. The Morgan fingerprint density at radius 3 is 2.45 bits per heavy atom. The summed E-state index contributed by atoms with van der Waals surface area (Å²) in [5.41, 5.74) is 3.66. The van der Waals surface area contributed by atoms with Crippen LogP contribution in [-0.2, 0) is 41.3 Å². The van der Waals surface area contributed by atoms with E-state index in [0.29, 0.717) is 19.4 Å². The summed E-state index contributed by atoms with van der Waals surface area (Å²) in [5, 5.41) is 26.0. The molecule has 2 heterocycles. The molecule has 13 heteroatoms. The molecule has 2 amide bonds. The van der Waals surface area contributed by atoms with Crippen molar-refractivity contribution in [3.05, 3.63) is 101 Å². The molecule has 2 aliphatic heterocycles. The molecule has 0 spiro atoms. The highest BCUT2D eigenvalue weighted by atomic mass is 16.6. The van der Waals surface area contributed by atoms with E-state index in [-0.39, 0.29) is 19.6 Å². The van der Waals surface area contributed by atoms with Gasteiger partial charge in [-0.3, -0.25) is 9.69 Å². The van der Waals surface area contributed by atoms with E-state index >= 15 is 0 Å². The molecule has 0 saturated carbocycles. The number of rotatable bonds is 17. The summed E-state index contributed by atoms with van der Waals surface area (Å²) in [6.07, 6.45) is -3.75. The highest BCUT2D eigenvalue weighted by Gasteiger charge is 2.42.